The highest BCUT2D eigenvalue weighted by molar-refractivity contribution is 6.20. The van der Waals surface area contributed by atoms with Crippen LogP contribution in [0.2, 0.25) is 0 Å². The van der Waals surface area contributed by atoms with Crippen molar-refractivity contribution in [2.24, 2.45) is 17.8 Å². The molecule has 0 N–H and O–H groups in total. The lowest BCUT2D eigenvalue weighted by molar-refractivity contribution is -0.140. The van der Waals surface area contributed by atoms with Crippen LogP contribution >= 0.6 is 11.6 Å². The normalized spacial score (nSPS) is 33.2. The van der Waals surface area contributed by atoms with E-state index in [2.05, 4.69) is 28.7 Å². The topological polar surface area (TPSA) is 26.8 Å². The third kappa shape index (κ3) is 6.42. The zero-order valence-corrected chi connectivity index (χ0v) is 21.6. The predicted molar refractivity (Wildman–Crippen MR) is 134 cm³/mol. The fourth-order valence-corrected chi connectivity index (χ4v) is 8.00. The number of amides is 1. The molecule has 32 heavy (non-hydrogen) atoms. The molecule has 1 saturated heterocycles. The van der Waals surface area contributed by atoms with Crippen molar-refractivity contribution in [1.82, 2.24) is 14.7 Å². The van der Waals surface area contributed by atoms with Gasteiger partial charge in [0.15, 0.2) is 0 Å². The molecule has 5 heteroatoms. The molecule has 4 rings (SSSR count). The van der Waals surface area contributed by atoms with E-state index >= 15 is 0 Å². The van der Waals surface area contributed by atoms with Gasteiger partial charge in [0.2, 0.25) is 5.91 Å². The van der Waals surface area contributed by atoms with Crippen molar-refractivity contribution >= 4 is 17.5 Å². The number of halogens is 1. The number of likely N-dealkylation sites (N-methyl/N-ethyl adjacent to an activating group) is 1. The second-order valence-corrected chi connectivity index (χ2v) is 12.3. The van der Waals surface area contributed by atoms with Crippen LogP contribution in [-0.4, -0.2) is 77.8 Å². The van der Waals surface area contributed by atoms with Crippen molar-refractivity contribution in [3.63, 3.8) is 0 Å². The van der Waals surface area contributed by atoms with Gasteiger partial charge < -0.3 is 4.90 Å². The molecule has 0 aromatic rings. The zero-order valence-electron chi connectivity index (χ0n) is 20.8. The molecule has 4 fully saturated rings. The van der Waals surface area contributed by atoms with Gasteiger partial charge in [0.05, 0.1) is 6.04 Å². The van der Waals surface area contributed by atoms with E-state index in [1.165, 1.54) is 70.6 Å². The Morgan fingerprint density at radius 2 is 1.53 bits per heavy atom. The molecule has 0 aromatic carbocycles. The first-order valence-corrected chi connectivity index (χ1v) is 14.3. The smallest absolute Gasteiger partial charge is 0.239 e. The van der Waals surface area contributed by atoms with Crippen molar-refractivity contribution in [2.45, 2.75) is 108 Å². The van der Waals surface area contributed by atoms with Gasteiger partial charge >= 0.3 is 0 Å². The second kappa shape index (κ2) is 11.9. The van der Waals surface area contributed by atoms with Gasteiger partial charge in [-0.2, -0.15) is 0 Å². The monoisotopic (exact) mass is 465 g/mol. The number of hydrogen-bond acceptors (Lipinski definition) is 3. The molecule has 3 aliphatic carbocycles. The maximum absolute atomic E-state index is 13.9. The Morgan fingerprint density at radius 3 is 2.16 bits per heavy atom. The Balaban J connectivity index is 1.38. The first-order chi connectivity index (χ1) is 15.5. The van der Waals surface area contributed by atoms with Crippen molar-refractivity contribution in [3.05, 3.63) is 0 Å². The largest absolute Gasteiger partial charge is 0.344 e. The summed E-state index contributed by atoms with van der Waals surface area (Å²) in [6, 6.07) is 0.899. The summed E-state index contributed by atoms with van der Waals surface area (Å²) < 4.78 is 0. The summed E-state index contributed by atoms with van der Waals surface area (Å²) >= 11 is 6.54. The number of rotatable bonds is 6. The molecule has 0 aromatic heterocycles. The van der Waals surface area contributed by atoms with E-state index in [-0.39, 0.29) is 11.4 Å². The number of piperazine rings is 1. The lowest BCUT2D eigenvalue weighted by atomic mass is 9.80. The molecular formula is C27H48ClN3O. The number of alkyl halides is 1. The van der Waals surface area contributed by atoms with Crippen LogP contribution in [0.5, 0.6) is 0 Å². The number of carbonyl (C=O) groups excluding carboxylic acids is 1. The van der Waals surface area contributed by atoms with E-state index in [9.17, 15) is 4.79 Å². The molecule has 0 bridgehead atoms. The van der Waals surface area contributed by atoms with Crippen LogP contribution in [-0.2, 0) is 4.79 Å². The minimum atomic E-state index is 0.0987. The predicted octanol–water partition coefficient (Wildman–Crippen LogP) is 5.39. The Morgan fingerprint density at radius 1 is 0.906 bits per heavy atom. The van der Waals surface area contributed by atoms with Gasteiger partial charge in [-0.25, -0.2) is 0 Å². The zero-order chi connectivity index (χ0) is 22.5. The molecule has 4 atom stereocenters. The first kappa shape index (κ1) is 24.8. The number of hydrogen-bond donors (Lipinski definition) is 0. The number of carbonyl (C=O) groups is 1. The molecular weight excluding hydrogens is 418 g/mol. The van der Waals surface area contributed by atoms with Crippen LogP contribution in [0.3, 0.4) is 0 Å². The van der Waals surface area contributed by atoms with E-state index in [0.717, 1.165) is 51.6 Å². The van der Waals surface area contributed by atoms with E-state index in [4.69, 9.17) is 11.6 Å². The minimum absolute atomic E-state index is 0.0987. The van der Waals surface area contributed by atoms with Crippen molar-refractivity contribution in [1.29, 1.82) is 0 Å². The summed E-state index contributed by atoms with van der Waals surface area (Å²) in [5.41, 5.74) is 0. The quantitative estimate of drug-likeness (QED) is 0.492. The molecule has 184 valence electrons. The van der Waals surface area contributed by atoms with Crippen LogP contribution in [0, 0.1) is 17.8 Å². The second-order valence-electron chi connectivity index (χ2n) is 11.7. The van der Waals surface area contributed by atoms with Crippen molar-refractivity contribution in [3.8, 4) is 0 Å². The van der Waals surface area contributed by atoms with E-state index in [1.54, 1.807) is 0 Å². The highest BCUT2D eigenvalue weighted by atomic mass is 35.5. The Hall–Kier alpha value is -0.320. The van der Waals surface area contributed by atoms with Crippen LogP contribution in [0.25, 0.3) is 0 Å². The van der Waals surface area contributed by atoms with Crippen molar-refractivity contribution in [2.75, 3.05) is 39.8 Å². The Bertz CT molecular complexity index is 571. The summed E-state index contributed by atoms with van der Waals surface area (Å²) in [5, 5.41) is 0.286. The molecule has 1 heterocycles. The standard InChI is InChI=1S/C27H48ClN3O/c1-21-17-22(19-24(28)18-21)20-29(2)27(32)26(23-9-5-3-6-10-23)31-15-13-30(14-16-31)25-11-7-4-8-12-25/h21-26H,3-20H2,1-2H3. The van der Waals surface area contributed by atoms with Crippen LogP contribution in [0.15, 0.2) is 0 Å². The van der Waals surface area contributed by atoms with Gasteiger partial charge in [0.25, 0.3) is 0 Å². The average Bonchev–Trinajstić information content (AvgIpc) is 2.80. The molecule has 4 nitrogen and oxygen atoms in total. The van der Waals surface area contributed by atoms with E-state index in [0.29, 0.717) is 23.7 Å². The summed E-state index contributed by atoms with van der Waals surface area (Å²) in [6.45, 7) is 7.65. The van der Waals surface area contributed by atoms with Gasteiger partial charge in [0, 0.05) is 51.2 Å². The van der Waals surface area contributed by atoms with Gasteiger partial charge in [-0.3, -0.25) is 14.6 Å². The highest BCUT2D eigenvalue weighted by Gasteiger charge is 2.39. The Kier molecular flexibility index (Phi) is 9.21. The SMILES string of the molecule is CC1CC(Cl)CC(CN(C)C(=O)C(C2CCCCC2)N2CCN(C3CCCCC3)CC2)C1. The van der Waals surface area contributed by atoms with Gasteiger partial charge in [-0.15, -0.1) is 11.6 Å². The van der Waals surface area contributed by atoms with Crippen molar-refractivity contribution < 1.29 is 4.79 Å². The van der Waals surface area contributed by atoms with Gasteiger partial charge in [0.1, 0.15) is 0 Å². The summed E-state index contributed by atoms with van der Waals surface area (Å²) in [4.78, 5) is 21.3. The summed E-state index contributed by atoms with van der Waals surface area (Å²) in [5.74, 6) is 2.19. The van der Waals surface area contributed by atoms with Crippen LogP contribution in [0.4, 0.5) is 0 Å². The number of nitrogens with zero attached hydrogens (tertiary/aromatic N) is 3. The molecule has 4 aliphatic rings. The highest BCUT2D eigenvalue weighted by Crippen LogP contribution is 2.34. The third-order valence-electron chi connectivity index (χ3n) is 9.07. The lowest BCUT2D eigenvalue weighted by Crippen LogP contribution is -2.59. The molecule has 3 saturated carbocycles. The van der Waals surface area contributed by atoms with Crippen LogP contribution in [0.1, 0.15) is 90.4 Å². The third-order valence-corrected chi connectivity index (χ3v) is 9.43. The van der Waals surface area contributed by atoms with E-state index in [1.807, 2.05) is 0 Å². The van der Waals surface area contributed by atoms with Gasteiger partial charge in [-0.05, 0) is 62.7 Å². The summed E-state index contributed by atoms with van der Waals surface area (Å²) in [6.07, 6.45) is 16.8. The Labute approximate surface area is 202 Å². The summed E-state index contributed by atoms with van der Waals surface area (Å²) in [7, 11) is 2.07. The fraction of sp³-hybridized carbons (Fsp3) is 0.963. The fourth-order valence-electron chi connectivity index (χ4n) is 7.44. The first-order valence-electron chi connectivity index (χ1n) is 13.9. The average molecular weight is 466 g/mol. The molecule has 0 spiro atoms. The van der Waals surface area contributed by atoms with Gasteiger partial charge in [-0.1, -0.05) is 45.4 Å². The van der Waals surface area contributed by atoms with E-state index < -0.39 is 0 Å². The molecule has 1 aliphatic heterocycles. The molecule has 0 radical (unpaired) electrons. The maximum Gasteiger partial charge on any atom is 0.239 e. The lowest BCUT2D eigenvalue weighted by Gasteiger charge is -2.46. The molecule has 4 unspecified atom stereocenters. The van der Waals surface area contributed by atoms with Crippen LogP contribution < -0.4 is 0 Å². The maximum atomic E-state index is 13.9. The minimum Gasteiger partial charge on any atom is -0.344 e. The molecule has 1 amide bonds.